The summed E-state index contributed by atoms with van der Waals surface area (Å²) >= 11 is 0. The van der Waals surface area contributed by atoms with Crippen molar-refractivity contribution in [3.8, 4) is 0 Å². The highest BCUT2D eigenvalue weighted by atomic mass is 16.3. The van der Waals surface area contributed by atoms with Crippen LogP contribution in [0.3, 0.4) is 0 Å². The first-order valence-corrected chi connectivity index (χ1v) is 5.67. The van der Waals surface area contributed by atoms with Crippen molar-refractivity contribution < 1.29 is 4.42 Å². The van der Waals surface area contributed by atoms with Crippen molar-refractivity contribution >= 4 is 0 Å². The SMILES string of the molecule is CNCc1coc(CC2CCNCC2)n1. The van der Waals surface area contributed by atoms with Gasteiger partial charge < -0.3 is 15.1 Å². The Morgan fingerprint density at radius 2 is 2.33 bits per heavy atom. The highest BCUT2D eigenvalue weighted by Gasteiger charge is 2.16. The molecule has 0 atom stereocenters. The molecule has 2 rings (SSSR count). The Bertz CT molecular complexity index is 292. The van der Waals surface area contributed by atoms with E-state index in [2.05, 4.69) is 15.6 Å². The van der Waals surface area contributed by atoms with Gasteiger partial charge in [-0.05, 0) is 38.9 Å². The van der Waals surface area contributed by atoms with E-state index in [1.807, 2.05) is 7.05 Å². The summed E-state index contributed by atoms with van der Waals surface area (Å²) in [6.07, 6.45) is 5.23. The van der Waals surface area contributed by atoms with Crippen LogP contribution < -0.4 is 10.6 Å². The van der Waals surface area contributed by atoms with Crippen molar-refractivity contribution in [2.75, 3.05) is 20.1 Å². The van der Waals surface area contributed by atoms with Gasteiger partial charge in [0, 0.05) is 13.0 Å². The summed E-state index contributed by atoms with van der Waals surface area (Å²) in [5.74, 6) is 1.64. The van der Waals surface area contributed by atoms with Gasteiger partial charge in [-0.2, -0.15) is 0 Å². The molecule has 2 heterocycles. The number of nitrogens with one attached hydrogen (secondary N) is 2. The molecule has 4 nitrogen and oxygen atoms in total. The maximum atomic E-state index is 5.45. The molecular weight excluding hydrogens is 190 g/mol. The van der Waals surface area contributed by atoms with Crippen LogP contribution >= 0.6 is 0 Å². The molecule has 1 aromatic rings. The monoisotopic (exact) mass is 209 g/mol. The molecule has 0 amide bonds. The Morgan fingerprint density at radius 1 is 1.53 bits per heavy atom. The Balaban J connectivity index is 1.86. The average Bonchev–Trinajstić information content (AvgIpc) is 2.68. The molecule has 84 valence electrons. The highest BCUT2D eigenvalue weighted by Crippen LogP contribution is 2.17. The number of oxazole rings is 1. The van der Waals surface area contributed by atoms with E-state index in [1.165, 1.54) is 12.8 Å². The molecule has 4 heteroatoms. The van der Waals surface area contributed by atoms with Crippen LogP contribution in [0, 0.1) is 5.92 Å². The van der Waals surface area contributed by atoms with Gasteiger partial charge >= 0.3 is 0 Å². The van der Waals surface area contributed by atoms with Gasteiger partial charge in [0.1, 0.15) is 6.26 Å². The highest BCUT2D eigenvalue weighted by molar-refractivity contribution is 4.97. The minimum atomic E-state index is 0.743. The van der Waals surface area contributed by atoms with Gasteiger partial charge in [-0.1, -0.05) is 0 Å². The third-order valence-electron chi connectivity index (χ3n) is 2.88. The number of piperidine rings is 1. The summed E-state index contributed by atoms with van der Waals surface area (Å²) in [5, 5.41) is 6.43. The lowest BCUT2D eigenvalue weighted by Crippen LogP contribution is -2.28. The molecule has 0 bridgehead atoms. The molecule has 15 heavy (non-hydrogen) atoms. The van der Waals surface area contributed by atoms with Gasteiger partial charge in [-0.15, -0.1) is 0 Å². The van der Waals surface area contributed by atoms with Crippen molar-refractivity contribution in [3.63, 3.8) is 0 Å². The van der Waals surface area contributed by atoms with Crippen molar-refractivity contribution in [3.05, 3.63) is 17.8 Å². The Hall–Kier alpha value is -0.870. The summed E-state index contributed by atoms with van der Waals surface area (Å²) in [4.78, 5) is 4.44. The molecular formula is C11H19N3O. The van der Waals surface area contributed by atoms with Gasteiger partial charge in [0.2, 0.25) is 0 Å². The van der Waals surface area contributed by atoms with Crippen LogP contribution in [0.1, 0.15) is 24.4 Å². The number of aromatic nitrogens is 1. The fraction of sp³-hybridized carbons (Fsp3) is 0.727. The zero-order chi connectivity index (χ0) is 10.5. The summed E-state index contributed by atoms with van der Waals surface area (Å²) in [7, 11) is 1.92. The number of nitrogens with zero attached hydrogens (tertiary/aromatic N) is 1. The first-order valence-electron chi connectivity index (χ1n) is 5.67. The fourth-order valence-electron chi connectivity index (χ4n) is 2.04. The van der Waals surface area contributed by atoms with Crippen LogP contribution in [0.25, 0.3) is 0 Å². The number of rotatable bonds is 4. The van der Waals surface area contributed by atoms with Crippen LogP contribution in [0.5, 0.6) is 0 Å². The van der Waals surface area contributed by atoms with Crippen LogP contribution in [-0.2, 0) is 13.0 Å². The molecule has 1 aliphatic rings. The van der Waals surface area contributed by atoms with Crippen molar-refractivity contribution in [1.82, 2.24) is 15.6 Å². The van der Waals surface area contributed by atoms with Crippen molar-refractivity contribution in [1.29, 1.82) is 0 Å². The largest absolute Gasteiger partial charge is 0.449 e. The van der Waals surface area contributed by atoms with Crippen LogP contribution in [-0.4, -0.2) is 25.1 Å². The number of hydrogen-bond donors (Lipinski definition) is 2. The minimum Gasteiger partial charge on any atom is -0.449 e. The van der Waals surface area contributed by atoms with Crippen LogP contribution in [0.4, 0.5) is 0 Å². The molecule has 1 saturated heterocycles. The average molecular weight is 209 g/mol. The van der Waals surface area contributed by atoms with E-state index < -0.39 is 0 Å². The van der Waals surface area contributed by atoms with E-state index in [-0.39, 0.29) is 0 Å². The minimum absolute atomic E-state index is 0.743. The maximum absolute atomic E-state index is 5.45. The molecule has 0 aliphatic carbocycles. The lowest BCUT2D eigenvalue weighted by atomic mass is 9.95. The molecule has 1 aliphatic heterocycles. The second-order valence-corrected chi connectivity index (χ2v) is 4.16. The van der Waals surface area contributed by atoms with E-state index in [9.17, 15) is 0 Å². The molecule has 1 fully saturated rings. The third-order valence-corrected chi connectivity index (χ3v) is 2.88. The van der Waals surface area contributed by atoms with Gasteiger partial charge in [-0.3, -0.25) is 0 Å². The summed E-state index contributed by atoms with van der Waals surface area (Å²) in [6.45, 7) is 3.05. The van der Waals surface area contributed by atoms with E-state index in [1.54, 1.807) is 6.26 Å². The molecule has 2 N–H and O–H groups in total. The standard InChI is InChI=1S/C11H19N3O/c1-12-7-10-8-15-11(14-10)6-9-2-4-13-5-3-9/h8-9,12-13H,2-7H2,1H3. The summed E-state index contributed by atoms with van der Waals surface area (Å²) < 4.78 is 5.45. The predicted molar refractivity (Wildman–Crippen MR) is 58.6 cm³/mol. The smallest absolute Gasteiger partial charge is 0.194 e. The normalized spacial score (nSPS) is 18.2. The fourth-order valence-corrected chi connectivity index (χ4v) is 2.04. The second kappa shape index (κ2) is 5.28. The van der Waals surface area contributed by atoms with Gasteiger partial charge in [0.15, 0.2) is 5.89 Å². The molecule has 1 aromatic heterocycles. The Morgan fingerprint density at radius 3 is 3.07 bits per heavy atom. The maximum Gasteiger partial charge on any atom is 0.194 e. The first kappa shape index (κ1) is 10.6. The van der Waals surface area contributed by atoms with Crippen LogP contribution in [0.2, 0.25) is 0 Å². The zero-order valence-corrected chi connectivity index (χ0v) is 9.25. The zero-order valence-electron chi connectivity index (χ0n) is 9.25. The predicted octanol–water partition coefficient (Wildman–Crippen LogP) is 0.936. The molecule has 0 unspecified atom stereocenters. The first-order chi connectivity index (χ1) is 7.38. The van der Waals surface area contributed by atoms with Crippen molar-refractivity contribution in [2.24, 2.45) is 5.92 Å². The Labute approximate surface area is 90.5 Å². The molecule has 0 saturated carbocycles. The number of hydrogen-bond acceptors (Lipinski definition) is 4. The molecule has 0 spiro atoms. The second-order valence-electron chi connectivity index (χ2n) is 4.16. The van der Waals surface area contributed by atoms with Crippen LogP contribution in [0.15, 0.2) is 10.7 Å². The molecule has 0 radical (unpaired) electrons. The quantitative estimate of drug-likeness (QED) is 0.774. The van der Waals surface area contributed by atoms with Crippen molar-refractivity contribution in [2.45, 2.75) is 25.8 Å². The van der Waals surface area contributed by atoms with E-state index in [0.29, 0.717) is 0 Å². The molecule has 0 aromatic carbocycles. The van der Waals surface area contributed by atoms with E-state index >= 15 is 0 Å². The summed E-state index contributed by atoms with van der Waals surface area (Å²) in [5.41, 5.74) is 1.00. The topological polar surface area (TPSA) is 50.1 Å². The lowest BCUT2D eigenvalue weighted by molar-refractivity contribution is 0.341. The summed E-state index contributed by atoms with van der Waals surface area (Å²) in [6, 6.07) is 0. The third kappa shape index (κ3) is 3.04. The van der Waals surface area contributed by atoms with Gasteiger partial charge in [0.05, 0.1) is 5.69 Å². The van der Waals surface area contributed by atoms with Gasteiger partial charge in [-0.25, -0.2) is 4.98 Å². The van der Waals surface area contributed by atoms with E-state index in [4.69, 9.17) is 4.42 Å². The van der Waals surface area contributed by atoms with Gasteiger partial charge in [0.25, 0.3) is 0 Å². The van der Waals surface area contributed by atoms with E-state index in [0.717, 1.165) is 43.6 Å². The lowest BCUT2D eigenvalue weighted by Gasteiger charge is -2.20. The Kier molecular flexibility index (Phi) is 3.75.